The Morgan fingerprint density at radius 2 is 1.95 bits per heavy atom. The molecule has 0 aliphatic rings. The number of amides is 2. The molecule has 0 fully saturated rings. The van der Waals surface area contributed by atoms with E-state index in [1.165, 1.54) is 0 Å². The molecule has 0 aliphatic heterocycles. The number of carbonyl (C=O) groups is 2. The minimum atomic E-state index is -0.516. The third-order valence-electron chi connectivity index (χ3n) is 2.68. The van der Waals surface area contributed by atoms with Gasteiger partial charge in [-0.2, -0.15) is 0 Å². The Bertz CT molecular complexity index is 434. The molecular weight excluding hydrogens is 256 g/mol. The molecule has 0 saturated carbocycles. The molecule has 0 aliphatic carbocycles. The number of anilines is 1. The summed E-state index contributed by atoms with van der Waals surface area (Å²) in [6, 6.07) is 2.89. The van der Waals surface area contributed by atoms with Crippen molar-refractivity contribution in [1.82, 2.24) is 10.3 Å². The first-order valence-corrected chi connectivity index (χ1v) is 6.72. The number of hydrogen-bond donors (Lipinski definition) is 3. The number of nitrogens with one attached hydrogen (secondary N) is 2. The molecule has 0 aromatic carbocycles. The van der Waals surface area contributed by atoms with Crippen LogP contribution in [0.2, 0.25) is 0 Å². The van der Waals surface area contributed by atoms with Gasteiger partial charge in [0.2, 0.25) is 11.8 Å². The van der Waals surface area contributed by atoms with E-state index in [1.807, 2.05) is 13.8 Å². The number of pyridine rings is 1. The lowest BCUT2D eigenvalue weighted by atomic mass is 10.0. The van der Waals surface area contributed by atoms with Crippen molar-refractivity contribution in [3.05, 3.63) is 24.5 Å². The van der Waals surface area contributed by atoms with Gasteiger partial charge in [-0.15, -0.1) is 0 Å². The molecule has 1 aromatic rings. The van der Waals surface area contributed by atoms with Gasteiger partial charge in [0.05, 0.1) is 6.04 Å². The number of hydrogen-bond acceptors (Lipinski definition) is 4. The first-order valence-electron chi connectivity index (χ1n) is 6.72. The van der Waals surface area contributed by atoms with Crippen LogP contribution in [0, 0.1) is 5.92 Å². The number of aromatic nitrogens is 1. The monoisotopic (exact) mass is 278 g/mol. The third kappa shape index (κ3) is 6.29. The van der Waals surface area contributed by atoms with Gasteiger partial charge in [0.25, 0.3) is 0 Å². The summed E-state index contributed by atoms with van der Waals surface area (Å²) in [6.45, 7) is 4.30. The van der Waals surface area contributed by atoms with Crippen LogP contribution in [0.25, 0.3) is 0 Å². The molecule has 0 saturated heterocycles. The molecule has 6 heteroatoms. The van der Waals surface area contributed by atoms with E-state index < -0.39 is 6.04 Å². The SMILES string of the molecule is CC(C)C[C@H](N)C(=O)NCCC(=O)Nc1ccncc1. The molecule has 1 heterocycles. The number of nitrogens with two attached hydrogens (primary N) is 1. The second-order valence-electron chi connectivity index (χ2n) is 5.06. The van der Waals surface area contributed by atoms with Gasteiger partial charge < -0.3 is 16.4 Å². The van der Waals surface area contributed by atoms with E-state index in [9.17, 15) is 9.59 Å². The first kappa shape index (κ1) is 16.1. The summed E-state index contributed by atoms with van der Waals surface area (Å²) in [7, 11) is 0. The van der Waals surface area contributed by atoms with Gasteiger partial charge >= 0.3 is 0 Å². The molecule has 0 bridgehead atoms. The zero-order valence-corrected chi connectivity index (χ0v) is 11.9. The highest BCUT2D eigenvalue weighted by molar-refractivity contribution is 5.91. The molecule has 2 amide bonds. The largest absolute Gasteiger partial charge is 0.354 e. The van der Waals surface area contributed by atoms with Gasteiger partial charge in [0, 0.05) is 31.0 Å². The van der Waals surface area contributed by atoms with Gasteiger partial charge in [-0.05, 0) is 24.5 Å². The summed E-state index contributed by atoms with van der Waals surface area (Å²) >= 11 is 0. The van der Waals surface area contributed by atoms with Gasteiger partial charge in [-0.25, -0.2) is 0 Å². The molecule has 0 spiro atoms. The third-order valence-corrected chi connectivity index (χ3v) is 2.68. The van der Waals surface area contributed by atoms with Gasteiger partial charge in [0.1, 0.15) is 0 Å². The van der Waals surface area contributed by atoms with Crippen LogP contribution >= 0.6 is 0 Å². The van der Waals surface area contributed by atoms with E-state index in [1.54, 1.807) is 24.5 Å². The van der Waals surface area contributed by atoms with Crippen LogP contribution in [0.4, 0.5) is 5.69 Å². The fraction of sp³-hybridized carbons (Fsp3) is 0.500. The number of rotatable bonds is 7. The van der Waals surface area contributed by atoms with Crippen LogP contribution in [0.3, 0.4) is 0 Å². The van der Waals surface area contributed by atoms with Gasteiger partial charge in [-0.1, -0.05) is 13.8 Å². The average Bonchev–Trinajstić information content (AvgIpc) is 2.38. The number of carbonyl (C=O) groups excluding carboxylic acids is 2. The lowest BCUT2D eigenvalue weighted by molar-refractivity contribution is -0.122. The maximum Gasteiger partial charge on any atom is 0.236 e. The van der Waals surface area contributed by atoms with Gasteiger partial charge in [-0.3, -0.25) is 14.6 Å². The van der Waals surface area contributed by atoms with Crippen molar-refractivity contribution < 1.29 is 9.59 Å². The van der Waals surface area contributed by atoms with Crippen LogP contribution in [-0.4, -0.2) is 29.4 Å². The molecule has 1 aromatic heterocycles. The van der Waals surface area contributed by atoms with Crippen molar-refractivity contribution in [2.75, 3.05) is 11.9 Å². The molecule has 20 heavy (non-hydrogen) atoms. The Morgan fingerprint density at radius 1 is 1.30 bits per heavy atom. The molecule has 6 nitrogen and oxygen atoms in total. The average molecular weight is 278 g/mol. The minimum Gasteiger partial charge on any atom is -0.354 e. The highest BCUT2D eigenvalue weighted by Crippen LogP contribution is 2.04. The predicted molar refractivity (Wildman–Crippen MR) is 77.9 cm³/mol. The zero-order valence-electron chi connectivity index (χ0n) is 11.9. The van der Waals surface area contributed by atoms with Crippen LogP contribution in [0.1, 0.15) is 26.7 Å². The Hall–Kier alpha value is -1.95. The second-order valence-corrected chi connectivity index (χ2v) is 5.06. The molecule has 1 rings (SSSR count). The van der Waals surface area contributed by atoms with E-state index >= 15 is 0 Å². The normalized spacial score (nSPS) is 12.0. The predicted octanol–water partition coefficient (Wildman–Crippen LogP) is 0.900. The Morgan fingerprint density at radius 3 is 2.55 bits per heavy atom. The lowest BCUT2D eigenvalue weighted by Crippen LogP contribution is -2.42. The minimum absolute atomic E-state index is 0.158. The summed E-state index contributed by atoms with van der Waals surface area (Å²) < 4.78 is 0. The molecular formula is C14H22N4O2. The van der Waals surface area contributed by atoms with E-state index in [-0.39, 0.29) is 24.8 Å². The standard InChI is InChI=1S/C14H22N4O2/c1-10(2)9-12(15)14(20)17-8-5-13(19)18-11-3-6-16-7-4-11/h3-4,6-7,10,12H,5,8-9,15H2,1-2H3,(H,17,20)(H,16,18,19)/t12-/m0/s1. The summed E-state index contributed by atoms with van der Waals surface area (Å²) in [5.41, 5.74) is 6.43. The van der Waals surface area contributed by atoms with Crippen LogP contribution in [0.15, 0.2) is 24.5 Å². The summed E-state index contributed by atoms with van der Waals surface area (Å²) in [5.74, 6) is -0.00455. The van der Waals surface area contributed by atoms with Crippen molar-refractivity contribution in [1.29, 1.82) is 0 Å². The second kappa shape index (κ2) is 8.27. The van der Waals surface area contributed by atoms with Crippen molar-refractivity contribution in [3.8, 4) is 0 Å². The Balaban J connectivity index is 2.23. The van der Waals surface area contributed by atoms with E-state index in [0.29, 0.717) is 18.0 Å². The maximum absolute atomic E-state index is 11.6. The maximum atomic E-state index is 11.6. The Labute approximate surface area is 119 Å². The summed E-state index contributed by atoms with van der Waals surface area (Å²) in [4.78, 5) is 27.1. The van der Waals surface area contributed by atoms with E-state index in [2.05, 4.69) is 15.6 Å². The summed E-state index contributed by atoms with van der Waals surface area (Å²) in [6.07, 6.45) is 4.04. The smallest absolute Gasteiger partial charge is 0.236 e. The van der Waals surface area contributed by atoms with Gasteiger partial charge in [0.15, 0.2) is 0 Å². The summed E-state index contributed by atoms with van der Waals surface area (Å²) in [5, 5.41) is 5.38. The fourth-order valence-electron chi connectivity index (χ4n) is 1.70. The molecule has 0 radical (unpaired) electrons. The van der Waals surface area contributed by atoms with Crippen LogP contribution in [-0.2, 0) is 9.59 Å². The Kier molecular flexibility index (Phi) is 6.66. The topological polar surface area (TPSA) is 97.1 Å². The lowest BCUT2D eigenvalue weighted by Gasteiger charge is -2.14. The van der Waals surface area contributed by atoms with Crippen molar-refractivity contribution in [2.24, 2.45) is 11.7 Å². The molecule has 0 unspecified atom stereocenters. The van der Waals surface area contributed by atoms with Crippen LogP contribution < -0.4 is 16.4 Å². The molecule has 4 N–H and O–H groups in total. The van der Waals surface area contributed by atoms with Crippen molar-refractivity contribution >= 4 is 17.5 Å². The van der Waals surface area contributed by atoms with Crippen LogP contribution in [0.5, 0.6) is 0 Å². The quantitative estimate of drug-likeness (QED) is 0.690. The zero-order chi connectivity index (χ0) is 15.0. The fourth-order valence-corrected chi connectivity index (χ4v) is 1.70. The first-order chi connectivity index (χ1) is 9.49. The van der Waals surface area contributed by atoms with Crippen molar-refractivity contribution in [3.63, 3.8) is 0 Å². The molecule has 110 valence electrons. The highest BCUT2D eigenvalue weighted by Gasteiger charge is 2.14. The van der Waals surface area contributed by atoms with E-state index in [0.717, 1.165) is 0 Å². The van der Waals surface area contributed by atoms with Crippen molar-refractivity contribution in [2.45, 2.75) is 32.7 Å². The number of nitrogens with zero attached hydrogens (tertiary/aromatic N) is 1. The highest BCUT2D eigenvalue weighted by atomic mass is 16.2. The van der Waals surface area contributed by atoms with E-state index in [4.69, 9.17) is 5.73 Å². The molecule has 1 atom stereocenters.